The Morgan fingerprint density at radius 2 is 2.04 bits per heavy atom. The zero-order valence-corrected chi connectivity index (χ0v) is 14.2. The lowest BCUT2D eigenvalue weighted by molar-refractivity contribution is -0.00453. The summed E-state index contributed by atoms with van der Waals surface area (Å²) >= 11 is 0. The molecule has 2 aliphatic heterocycles. The van der Waals surface area contributed by atoms with E-state index < -0.39 is 17.5 Å². The van der Waals surface area contributed by atoms with E-state index in [2.05, 4.69) is 4.90 Å². The lowest BCUT2D eigenvalue weighted by Crippen LogP contribution is -2.40. The number of nitrogens with zero attached hydrogens (tertiary/aromatic N) is 2. The highest BCUT2D eigenvalue weighted by Gasteiger charge is 2.48. The van der Waals surface area contributed by atoms with Gasteiger partial charge in [0.25, 0.3) is 5.91 Å². The first-order valence-corrected chi connectivity index (χ1v) is 8.38. The van der Waals surface area contributed by atoms with Gasteiger partial charge in [0, 0.05) is 32.8 Å². The van der Waals surface area contributed by atoms with Gasteiger partial charge in [0.2, 0.25) is 0 Å². The molecule has 3 rings (SSSR count). The maximum absolute atomic E-state index is 14.0. The molecule has 0 aromatic heterocycles. The average molecular weight is 338 g/mol. The smallest absolute Gasteiger partial charge is 0.256 e. The summed E-state index contributed by atoms with van der Waals surface area (Å²) in [5.74, 6) is -1.36. The third-order valence-electron chi connectivity index (χ3n) is 5.33. The average Bonchev–Trinajstić information content (AvgIpc) is 2.87. The number of benzene rings is 1. The van der Waals surface area contributed by atoms with E-state index in [9.17, 15) is 13.6 Å². The first kappa shape index (κ1) is 17.3. The lowest BCUT2D eigenvalue weighted by atomic mass is 9.72. The van der Waals surface area contributed by atoms with E-state index in [1.807, 2.05) is 14.1 Å². The second kappa shape index (κ2) is 6.76. The molecule has 0 unspecified atom stereocenters. The van der Waals surface area contributed by atoms with Gasteiger partial charge in [-0.2, -0.15) is 0 Å². The first-order chi connectivity index (χ1) is 11.4. The summed E-state index contributed by atoms with van der Waals surface area (Å²) in [4.78, 5) is 16.6. The molecule has 0 radical (unpaired) electrons. The Labute approximate surface area is 141 Å². The predicted octanol–water partition coefficient (Wildman–Crippen LogP) is 2.40. The topological polar surface area (TPSA) is 32.8 Å². The van der Waals surface area contributed by atoms with E-state index >= 15 is 0 Å². The standard InChI is InChI=1S/C18H24F2N2O2/c1-21(2)10-13-11-22(12-18(13)5-7-24-8-6-18)17(23)15-9-14(19)3-4-16(15)20/h3-4,9,13H,5-8,10-12H2,1-2H3/t13-/m0/s1. The van der Waals surface area contributed by atoms with Crippen molar-refractivity contribution in [1.82, 2.24) is 9.80 Å². The van der Waals surface area contributed by atoms with Gasteiger partial charge >= 0.3 is 0 Å². The fourth-order valence-electron chi connectivity index (χ4n) is 4.06. The molecule has 1 aromatic rings. The van der Waals surface area contributed by atoms with Crippen molar-refractivity contribution in [3.8, 4) is 0 Å². The number of likely N-dealkylation sites (tertiary alicyclic amines) is 1. The highest BCUT2D eigenvalue weighted by molar-refractivity contribution is 5.94. The number of rotatable bonds is 3. The molecule has 1 atom stereocenters. The first-order valence-electron chi connectivity index (χ1n) is 8.38. The van der Waals surface area contributed by atoms with Crippen molar-refractivity contribution >= 4 is 5.91 Å². The van der Waals surface area contributed by atoms with Crippen molar-refractivity contribution in [1.29, 1.82) is 0 Å². The third-order valence-corrected chi connectivity index (χ3v) is 5.33. The number of ether oxygens (including phenoxy) is 1. The molecule has 0 bridgehead atoms. The molecule has 0 saturated carbocycles. The van der Waals surface area contributed by atoms with Crippen LogP contribution in [0, 0.1) is 23.0 Å². The quantitative estimate of drug-likeness (QED) is 0.848. The summed E-state index contributed by atoms with van der Waals surface area (Å²) in [5.41, 5.74) is -0.162. The maximum Gasteiger partial charge on any atom is 0.256 e. The minimum atomic E-state index is -0.668. The summed E-state index contributed by atoms with van der Waals surface area (Å²) in [7, 11) is 4.04. The van der Waals surface area contributed by atoms with Crippen LogP contribution in [0.2, 0.25) is 0 Å². The van der Waals surface area contributed by atoms with E-state index in [-0.39, 0.29) is 11.0 Å². The Balaban J connectivity index is 1.84. The van der Waals surface area contributed by atoms with Gasteiger partial charge in [-0.1, -0.05) is 0 Å². The van der Waals surface area contributed by atoms with Crippen LogP contribution in [-0.4, -0.2) is 62.7 Å². The molecule has 2 fully saturated rings. The summed E-state index contributed by atoms with van der Waals surface area (Å²) < 4.78 is 32.9. The van der Waals surface area contributed by atoms with Gasteiger partial charge < -0.3 is 14.5 Å². The van der Waals surface area contributed by atoms with Crippen molar-refractivity contribution in [3.05, 3.63) is 35.4 Å². The van der Waals surface area contributed by atoms with Crippen molar-refractivity contribution in [3.63, 3.8) is 0 Å². The Morgan fingerprint density at radius 3 is 2.71 bits per heavy atom. The molecule has 1 amide bonds. The summed E-state index contributed by atoms with van der Waals surface area (Å²) in [6, 6.07) is 3.04. The number of amides is 1. The third kappa shape index (κ3) is 3.30. The molecule has 6 heteroatoms. The van der Waals surface area contributed by atoms with Crippen LogP contribution in [0.1, 0.15) is 23.2 Å². The molecule has 2 aliphatic rings. The largest absolute Gasteiger partial charge is 0.381 e. The Kier molecular flexibility index (Phi) is 4.88. The summed E-state index contributed by atoms with van der Waals surface area (Å²) in [6.45, 7) is 3.42. The molecule has 1 spiro atoms. The second-order valence-corrected chi connectivity index (χ2v) is 7.24. The molecule has 1 aromatic carbocycles. The van der Waals surface area contributed by atoms with Gasteiger partial charge in [0.15, 0.2) is 0 Å². The highest BCUT2D eigenvalue weighted by atomic mass is 19.1. The maximum atomic E-state index is 14.0. The fraction of sp³-hybridized carbons (Fsp3) is 0.611. The van der Waals surface area contributed by atoms with Crippen LogP contribution in [0.4, 0.5) is 8.78 Å². The normalized spacial score (nSPS) is 23.2. The molecule has 2 saturated heterocycles. The SMILES string of the molecule is CN(C)C[C@H]1CN(C(=O)c2cc(F)ccc2F)CC12CCOCC2. The highest BCUT2D eigenvalue weighted by Crippen LogP contribution is 2.44. The van der Waals surface area contributed by atoms with Gasteiger partial charge in [0.05, 0.1) is 5.56 Å². The van der Waals surface area contributed by atoms with Crippen LogP contribution < -0.4 is 0 Å². The fourth-order valence-corrected chi connectivity index (χ4v) is 4.06. The number of carbonyl (C=O) groups is 1. The van der Waals surface area contributed by atoms with Crippen molar-refractivity contribution in [2.24, 2.45) is 11.3 Å². The Hall–Kier alpha value is -1.53. The van der Waals surface area contributed by atoms with Crippen LogP contribution in [0.15, 0.2) is 18.2 Å². The Morgan fingerprint density at radius 1 is 1.33 bits per heavy atom. The van der Waals surface area contributed by atoms with Crippen LogP contribution >= 0.6 is 0 Å². The van der Waals surface area contributed by atoms with E-state index in [4.69, 9.17) is 4.74 Å². The van der Waals surface area contributed by atoms with Crippen molar-refractivity contribution in [2.75, 3.05) is 46.9 Å². The molecule has 24 heavy (non-hydrogen) atoms. The monoisotopic (exact) mass is 338 g/mol. The van der Waals surface area contributed by atoms with Gasteiger partial charge in [-0.05, 0) is 56.5 Å². The van der Waals surface area contributed by atoms with E-state index in [1.165, 1.54) is 0 Å². The molecule has 4 nitrogen and oxygen atoms in total. The number of hydrogen-bond acceptors (Lipinski definition) is 3. The van der Waals surface area contributed by atoms with Crippen molar-refractivity contribution < 1.29 is 18.3 Å². The van der Waals surface area contributed by atoms with Crippen molar-refractivity contribution in [2.45, 2.75) is 12.8 Å². The second-order valence-electron chi connectivity index (χ2n) is 7.24. The number of halogens is 2. The van der Waals surface area contributed by atoms with Gasteiger partial charge in [-0.3, -0.25) is 4.79 Å². The van der Waals surface area contributed by atoms with Crippen LogP contribution in [0.25, 0.3) is 0 Å². The minimum absolute atomic E-state index is 0.0159. The zero-order valence-electron chi connectivity index (χ0n) is 14.2. The summed E-state index contributed by atoms with van der Waals surface area (Å²) in [5, 5.41) is 0. The zero-order chi connectivity index (χ0) is 17.3. The van der Waals surface area contributed by atoms with Gasteiger partial charge in [-0.25, -0.2) is 8.78 Å². The van der Waals surface area contributed by atoms with E-state index in [0.717, 1.165) is 37.6 Å². The molecule has 0 N–H and O–H groups in total. The number of hydrogen-bond donors (Lipinski definition) is 0. The minimum Gasteiger partial charge on any atom is -0.381 e. The molecule has 2 heterocycles. The number of carbonyl (C=O) groups excluding carboxylic acids is 1. The van der Waals surface area contributed by atoms with Crippen LogP contribution in [0.3, 0.4) is 0 Å². The Bertz CT molecular complexity index is 615. The summed E-state index contributed by atoms with van der Waals surface area (Å²) in [6.07, 6.45) is 1.81. The predicted molar refractivity (Wildman–Crippen MR) is 86.8 cm³/mol. The molecular formula is C18H24F2N2O2. The van der Waals surface area contributed by atoms with Crippen LogP contribution in [0.5, 0.6) is 0 Å². The van der Waals surface area contributed by atoms with E-state index in [1.54, 1.807) is 4.90 Å². The lowest BCUT2D eigenvalue weighted by Gasteiger charge is -2.38. The molecular weight excluding hydrogens is 314 g/mol. The van der Waals surface area contributed by atoms with E-state index in [0.29, 0.717) is 32.2 Å². The van der Waals surface area contributed by atoms with Gasteiger partial charge in [0.1, 0.15) is 11.6 Å². The van der Waals surface area contributed by atoms with Gasteiger partial charge in [-0.15, -0.1) is 0 Å². The van der Waals surface area contributed by atoms with Crippen LogP contribution in [-0.2, 0) is 4.74 Å². The molecule has 0 aliphatic carbocycles. The molecule has 132 valence electrons.